The van der Waals surface area contributed by atoms with Gasteiger partial charge in [-0.15, -0.1) is 0 Å². The smallest absolute Gasteiger partial charge is 0.306 e. The first-order valence-corrected chi connectivity index (χ1v) is 5.44. The Hall–Kier alpha value is -1.06. The van der Waals surface area contributed by atoms with Gasteiger partial charge in [0.1, 0.15) is 0 Å². The molecular formula is C11H20O4. The van der Waals surface area contributed by atoms with Gasteiger partial charge in [-0.2, -0.15) is 0 Å². The molecule has 0 atom stereocenters. The van der Waals surface area contributed by atoms with Crippen LogP contribution in [0.2, 0.25) is 0 Å². The van der Waals surface area contributed by atoms with Crippen LogP contribution in [0.4, 0.5) is 0 Å². The van der Waals surface area contributed by atoms with Crippen molar-refractivity contribution in [3.63, 3.8) is 0 Å². The molecule has 0 spiro atoms. The van der Waals surface area contributed by atoms with Gasteiger partial charge in [0, 0.05) is 6.92 Å². The summed E-state index contributed by atoms with van der Waals surface area (Å²) in [5.74, 6) is -0.842. The van der Waals surface area contributed by atoms with E-state index < -0.39 is 5.97 Å². The second kappa shape index (κ2) is 8.26. The SMILES string of the molecule is CCOC(C)=O.O=C(O)C1CCCCC1. The minimum atomic E-state index is -0.602. The molecule has 88 valence electrons. The quantitative estimate of drug-likeness (QED) is 0.719. The molecule has 0 aromatic heterocycles. The molecule has 0 amide bonds. The predicted molar refractivity (Wildman–Crippen MR) is 56.5 cm³/mol. The first kappa shape index (κ1) is 13.9. The number of ether oxygens (including phenoxy) is 1. The first-order chi connectivity index (χ1) is 7.07. The molecule has 0 heterocycles. The number of hydrogen-bond donors (Lipinski definition) is 1. The van der Waals surface area contributed by atoms with Gasteiger partial charge in [0.05, 0.1) is 12.5 Å². The standard InChI is InChI=1S/C7H12O2.C4H8O2/c8-7(9)6-4-2-1-3-5-6;1-3-6-4(2)5/h6H,1-5H2,(H,8,9);3H2,1-2H3. The summed E-state index contributed by atoms with van der Waals surface area (Å²) in [6.07, 6.45) is 5.24. The third-order valence-corrected chi connectivity index (χ3v) is 2.30. The molecule has 1 aliphatic rings. The molecule has 0 aliphatic heterocycles. The average Bonchev–Trinajstić information content (AvgIpc) is 2.20. The van der Waals surface area contributed by atoms with E-state index in [0.29, 0.717) is 6.61 Å². The summed E-state index contributed by atoms with van der Waals surface area (Å²) in [6.45, 7) is 3.65. The molecule has 0 unspecified atom stereocenters. The van der Waals surface area contributed by atoms with E-state index in [0.717, 1.165) is 25.7 Å². The van der Waals surface area contributed by atoms with Crippen LogP contribution in [0, 0.1) is 5.92 Å². The van der Waals surface area contributed by atoms with E-state index in [1.54, 1.807) is 6.92 Å². The fourth-order valence-corrected chi connectivity index (χ4v) is 1.55. The van der Waals surface area contributed by atoms with Gasteiger partial charge >= 0.3 is 11.9 Å². The Morgan fingerprint density at radius 3 is 2.00 bits per heavy atom. The van der Waals surface area contributed by atoms with Crippen molar-refractivity contribution in [2.75, 3.05) is 6.61 Å². The Labute approximate surface area is 90.6 Å². The van der Waals surface area contributed by atoms with Crippen molar-refractivity contribution >= 4 is 11.9 Å². The molecule has 1 fully saturated rings. The molecule has 1 saturated carbocycles. The molecule has 4 nitrogen and oxygen atoms in total. The van der Waals surface area contributed by atoms with E-state index in [2.05, 4.69) is 4.74 Å². The Bertz CT molecular complexity index is 195. The van der Waals surface area contributed by atoms with Gasteiger partial charge < -0.3 is 9.84 Å². The van der Waals surface area contributed by atoms with Crippen LogP contribution in [0.1, 0.15) is 46.0 Å². The van der Waals surface area contributed by atoms with E-state index >= 15 is 0 Å². The highest BCUT2D eigenvalue weighted by Gasteiger charge is 2.19. The molecule has 0 bridgehead atoms. The number of carboxylic acid groups (broad SMARTS) is 1. The van der Waals surface area contributed by atoms with Gasteiger partial charge in [-0.05, 0) is 19.8 Å². The van der Waals surface area contributed by atoms with Gasteiger partial charge in [-0.25, -0.2) is 0 Å². The third kappa shape index (κ3) is 7.97. The van der Waals surface area contributed by atoms with Crippen LogP contribution in [-0.2, 0) is 14.3 Å². The zero-order valence-corrected chi connectivity index (χ0v) is 9.49. The van der Waals surface area contributed by atoms with Crippen molar-refractivity contribution in [3.05, 3.63) is 0 Å². The Kier molecular flexibility index (Phi) is 7.68. The Morgan fingerprint density at radius 1 is 1.27 bits per heavy atom. The van der Waals surface area contributed by atoms with Crippen molar-refractivity contribution in [1.82, 2.24) is 0 Å². The van der Waals surface area contributed by atoms with Crippen LogP contribution < -0.4 is 0 Å². The first-order valence-electron chi connectivity index (χ1n) is 5.44. The zero-order valence-electron chi connectivity index (χ0n) is 9.49. The summed E-state index contributed by atoms with van der Waals surface area (Å²) in [5, 5.41) is 8.54. The second-order valence-corrected chi connectivity index (χ2v) is 3.60. The van der Waals surface area contributed by atoms with E-state index in [1.165, 1.54) is 13.3 Å². The van der Waals surface area contributed by atoms with Crippen molar-refractivity contribution in [2.45, 2.75) is 46.0 Å². The molecule has 0 saturated heterocycles. The summed E-state index contributed by atoms with van der Waals surface area (Å²) >= 11 is 0. The molecule has 0 aromatic carbocycles. The number of aliphatic carboxylic acids is 1. The van der Waals surface area contributed by atoms with E-state index in [-0.39, 0.29) is 11.9 Å². The summed E-state index contributed by atoms with van der Waals surface area (Å²) in [6, 6.07) is 0. The molecule has 1 N–H and O–H groups in total. The molecule has 0 aromatic rings. The molecule has 0 radical (unpaired) electrons. The number of rotatable bonds is 2. The maximum Gasteiger partial charge on any atom is 0.306 e. The van der Waals surface area contributed by atoms with Gasteiger partial charge in [0.2, 0.25) is 0 Å². The van der Waals surface area contributed by atoms with Crippen LogP contribution in [0.3, 0.4) is 0 Å². The Balaban J connectivity index is 0.000000288. The highest BCUT2D eigenvalue weighted by Crippen LogP contribution is 2.23. The van der Waals surface area contributed by atoms with E-state index in [1.807, 2.05) is 0 Å². The van der Waals surface area contributed by atoms with Crippen molar-refractivity contribution in [3.8, 4) is 0 Å². The fraction of sp³-hybridized carbons (Fsp3) is 0.818. The molecule has 4 heteroatoms. The zero-order chi connectivity index (χ0) is 11.7. The van der Waals surface area contributed by atoms with E-state index in [4.69, 9.17) is 5.11 Å². The largest absolute Gasteiger partial charge is 0.481 e. The lowest BCUT2D eigenvalue weighted by Crippen LogP contribution is -2.16. The van der Waals surface area contributed by atoms with Crippen molar-refractivity contribution < 1.29 is 19.4 Å². The van der Waals surface area contributed by atoms with Crippen LogP contribution in [0.15, 0.2) is 0 Å². The fourth-order valence-electron chi connectivity index (χ4n) is 1.55. The van der Waals surface area contributed by atoms with E-state index in [9.17, 15) is 9.59 Å². The highest BCUT2D eigenvalue weighted by atomic mass is 16.5. The summed E-state index contributed by atoms with van der Waals surface area (Å²) in [4.78, 5) is 20.2. The maximum absolute atomic E-state index is 10.4. The molecular weight excluding hydrogens is 196 g/mol. The number of esters is 1. The van der Waals surface area contributed by atoms with Crippen LogP contribution >= 0.6 is 0 Å². The number of carboxylic acids is 1. The molecule has 1 rings (SSSR count). The average molecular weight is 216 g/mol. The normalized spacial score (nSPS) is 16.1. The topological polar surface area (TPSA) is 63.6 Å². The van der Waals surface area contributed by atoms with Crippen LogP contribution in [-0.4, -0.2) is 23.7 Å². The maximum atomic E-state index is 10.4. The minimum Gasteiger partial charge on any atom is -0.481 e. The van der Waals surface area contributed by atoms with Crippen LogP contribution in [0.25, 0.3) is 0 Å². The van der Waals surface area contributed by atoms with Crippen molar-refractivity contribution in [2.24, 2.45) is 5.92 Å². The third-order valence-electron chi connectivity index (χ3n) is 2.30. The van der Waals surface area contributed by atoms with Crippen LogP contribution in [0.5, 0.6) is 0 Å². The van der Waals surface area contributed by atoms with Gasteiger partial charge in [0.15, 0.2) is 0 Å². The summed E-state index contributed by atoms with van der Waals surface area (Å²) < 4.78 is 4.40. The molecule has 1 aliphatic carbocycles. The molecule has 15 heavy (non-hydrogen) atoms. The Morgan fingerprint density at radius 2 is 1.80 bits per heavy atom. The van der Waals surface area contributed by atoms with Gasteiger partial charge in [-0.1, -0.05) is 19.3 Å². The summed E-state index contributed by atoms with van der Waals surface area (Å²) in [5.41, 5.74) is 0. The van der Waals surface area contributed by atoms with Crippen molar-refractivity contribution in [1.29, 1.82) is 0 Å². The van der Waals surface area contributed by atoms with Gasteiger partial charge in [0.25, 0.3) is 0 Å². The lowest BCUT2D eigenvalue weighted by Gasteiger charge is -2.16. The minimum absolute atomic E-state index is 0.0289. The van der Waals surface area contributed by atoms with Gasteiger partial charge in [-0.3, -0.25) is 9.59 Å². The lowest BCUT2D eigenvalue weighted by atomic mass is 9.90. The number of carbonyl (C=O) groups is 2. The highest BCUT2D eigenvalue weighted by molar-refractivity contribution is 5.69. The number of carbonyl (C=O) groups excluding carboxylic acids is 1. The summed E-state index contributed by atoms with van der Waals surface area (Å²) in [7, 11) is 0. The lowest BCUT2D eigenvalue weighted by molar-refractivity contribution is -0.143. The number of hydrogen-bond acceptors (Lipinski definition) is 3. The predicted octanol–water partition coefficient (Wildman–Crippen LogP) is 2.22. The second-order valence-electron chi connectivity index (χ2n) is 3.60. The monoisotopic (exact) mass is 216 g/mol.